The van der Waals surface area contributed by atoms with Crippen LogP contribution in [0.4, 0.5) is 0 Å². The third kappa shape index (κ3) is 6.77. The van der Waals surface area contributed by atoms with Gasteiger partial charge in [-0.2, -0.15) is 0 Å². The van der Waals surface area contributed by atoms with Gasteiger partial charge in [0.05, 0.1) is 12.3 Å². The fourth-order valence-corrected chi connectivity index (χ4v) is 1.07. The van der Waals surface area contributed by atoms with Crippen LogP contribution < -0.4 is 10.6 Å². The summed E-state index contributed by atoms with van der Waals surface area (Å²) in [5.74, 6) is -3.32. The van der Waals surface area contributed by atoms with Crippen molar-refractivity contribution in [3.8, 4) is 0 Å². The normalized spacial score (nSPS) is 11.2. The van der Waals surface area contributed by atoms with Crippen molar-refractivity contribution in [2.45, 2.75) is 6.42 Å². The second-order valence-corrected chi connectivity index (χ2v) is 3.42. The Morgan fingerprint density at radius 1 is 1.38 bits per heavy atom. The van der Waals surface area contributed by atoms with Gasteiger partial charge in [0.1, 0.15) is 0 Å². The quantitative estimate of drug-likeness (QED) is 0.365. The van der Waals surface area contributed by atoms with Gasteiger partial charge in [-0.1, -0.05) is 6.08 Å². The van der Waals surface area contributed by atoms with Crippen molar-refractivity contribution in [3.63, 3.8) is 0 Å². The summed E-state index contributed by atoms with van der Waals surface area (Å²) >= 11 is 4.83. The van der Waals surface area contributed by atoms with Crippen LogP contribution in [0.2, 0.25) is 0 Å². The highest BCUT2D eigenvalue weighted by molar-refractivity contribution is 7.80. The van der Waals surface area contributed by atoms with Crippen LogP contribution in [0.15, 0.2) is 12.7 Å². The van der Waals surface area contributed by atoms with E-state index in [-0.39, 0.29) is 11.7 Å². The molecule has 0 saturated heterocycles. The average molecular weight is 246 g/mol. The fourth-order valence-electron chi connectivity index (χ4n) is 0.901. The van der Waals surface area contributed by atoms with E-state index in [1.165, 1.54) is 0 Å². The molecule has 0 radical (unpaired) electrons. The zero-order valence-electron chi connectivity index (χ0n) is 8.60. The molecule has 0 amide bonds. The number of rotatable bonds is 7. The molecule has 16 heavy (non-hydrogen) atoms. The lowest BCUT2D eigenvalue weighted by Gasteiger charge is -2.13. The van der Waals surface area contributed by atoms with E-state index in [4.69, 9.17) is 22.4 Å². The summed E-state index contributed by atoms with van der Waals surface area (Å²) in [7, 11) is 0. The maximum absolute atomic E-state index is 10.7. The molecule has 0 aliphatic carbocycles. The van der Waals surface area contributed by atoms with E-state index in [2.05, 4.69) is 17.2 Å². The number of aliphatic carboxylic acids is 2. The highest BCUT2D eigenvalue weighted by Crippen LogP contribution is 2.01. The molecule has 0 aromatic rings. The summed E-state index contributed by atoms with van der Waals surface area (Å²) in [6.45, 7) is 3.91. The van der Waals surface area contributed by atoms with Crippen LogP contribution in [0.1, 0.15) is 6.42 Å². The average Bonchev–Trinajstić information content (AvgIpc) is 2.20. The molecule has 0 aromatic carbocycles. The molecular weight excluding hydrogens is 232 g/mol. The molecular formula is C9H14N2O4S. The molecule has 0 aliphatic heterocycles. The predicted octanol–water partition coefficient (Wildman–Crippen LogP) is -0.188. The Kier molecular flexibility index (Phi) is 6.86. The lowest BCUT2D eigenvalue weighted by Crippen LogP contribution is -2.40. The van der Waals surface area contributed by atoms with Crippen molar-refractivity contribution in [2.24, 2.45) is 5.92 Å². The van der Waals surface area contributed by atoms with Crippen LogP contribution in [0, 0.1) is 5.92 Å². The minimum absolute atomic E-state index is 0.0232. The van der Waals surface area contributed by atoms with Crippen molar-refractivity contribution in [3.05, 3.63) is 12.7 Å². The van der Waals surface area contributed by atoms with Gasteiger partial charge in [-0.05, 0) is 12.2 Å². The summed E-state index contributed by atoms with van der Waals surface area (Å²) in [6.07, 6.45) is 1.16. The summed E-state index contributed by atoms with van der Waals surface area (Å²) < 4.78 is 0. The van der Waals surface area contributed by atoms with Gasteiger partial charge in [0.25, 0.3) is 0 Å². The highest BCUT2D eigenvalue weighted by Gasteiger charge is 2.20. The molecule has 0 aliphatic rings. The number of thiocarbonyl (C=S) groups is 1. The fraction of sp³-hybridized carbons (Fsp3) is 0.444. The summed E-state index contributed by atoms with van der Waals surface area (Å²) in [4.78, 5) is 21.1. The smallest absolute Gasteiger partial charge is 0.308 e. The van der Waals surface area contributed by atoms with Crippen molar-refractivity contribution in [2.75, 3.05) is 13.1 Å². The molecule has 0 rings (SSSR count). The number of nitrogens with one attached hydrogen (secondary N) is 2. The molecule has 0 aromatic heterocycles. The van der Waals surface area contributed by atoms with Gasteiger partial charge in [-0.25, -0.2) is 0 Å². The Labute approximate surface area is 98.3 Å². The second-order valence-electron chi connectivity index (χ2n) is 3.01. The van der Waals surface area contributed by atoms with Gasteiger partial charge in [-0.15, -0.1) is 6.58 Å². The molecule has 1 unspecified atom stereocenters. The monoisotopic (exact) mass is 246 g/mol. The van der Waals surface area contributed by atoms with Crippen LogP contribution >= 0.6 is 12.2 Å². The largest absolute Gasteiger partial charge is 0.481 e. The van der Waals surface area contributed by atoms with Crippen molar-refractivity contribution in [1.82, 2.24) is 10.6 Å². The second kappa shape index (κ2) is 7.63. The van der Waals surface area contributed by atoms with Crippen LogP contribution in [0.3, 0.4) is 0 Å². The van der Waals surface area contributed by atoms with Crippen molar-refractivity contribution in [1.29, 1.82) is 0 Å². The van der Waals surface area contributed by atoms with E-state index in [1.807, 2.05) is 0 Å². The molecule has 0 spiro atoms. The summed E-state index contributed by atoms with van der Waals surface area (Å²) in [6, 6.07) is 0. The Morgan fingerprint density at radius 2 is 2.00 bits per heavy atom. The lowest BCUT2D eigenvalue weighted by atomic mass is 10.1. The third-order valence-corrected chi connectivity index (χ3v) is 1.97. The molecule has 6 nitrogen and oxygen atoms in total. The first-order valence-corrected chi connectivity index (χ1v) is 4.95. The van der Waals surface area contributed by atoms with E-state index >= 15 is 0 Å². The maximum Gasteiger partial charge on any atom is 0.308 e. The minimum atomic E-state index is -1.17. The molecule has 0 fully saturated rings. The van der Waals surface area contributed by atoms with Crippen LogP contribution in [0.5, 0.6) is 0 Å². The number of carboxylic acids is 2. The van der Waals surface area contributed by atoms with Crippen LogP contribution in [-0.2, 0) is 9.59 Å². The summed E-state index contributed by atoms with van der Waals surface area (Å²) in [5.41, 5.74) is 0. The molecule has 4 N–H and O–H groups in total. The van der Waals surface area contributed by atoms with E-state index in [9.17, 15) is 9.59 Å². The van der Waals surface area contributed by atoms with Crippen molar-refractivity contribution >= 4 is 29.3 Å². The first-order valence-electron chi connectivity index (χ1n) is 4.54. The van der Waals surface area contributed by atoms with E-state index in [0.29, 0.717) is 6.54 Å². The molecule has 0 bridgehead atoms. The lowest BCUT2D eigenvalue weighted by molar-refractivity contribution is -0.148. The third-order valence-electron chi connectivity index (χ3n) is 1.69. The van der Waals surface area contributed by atoms with Gasteiger partial charge in [0.2, 0.25) is 0 Å². The SMILES string of the molecule is C=CCNC(=S)NCC(CC(=O)O)C(=O)O. The molecule has 90 valence electrons. The first-order chi connectivity index (χ1) is 7.47. The zero-order chi connectivity index (χ0) is 12.6. The number of hydrogen-bond donors (Lipinski definition) is 4. The highest BCUT2D eigenvalue weighted by atomic mass is 32.1. The Morgan fingerprint density at radius 3 is 2.44 bits per heavy atom. The van der Waals surface area contributed by atoms with Gasteiger partial charge in [0, 0.05) is 13.1 Å². The Bertz CT molecular complexity index is 293. The predicted molar refractivity (Wildman–Crippen MR) is 62.2 cm³/mol. The number of hydrogen-bond acceptors (Lipinski definition) is 3. The molecule has 0 saturated carbocycles. The van der Waals surface area contributed by atoms with E-state index < -0.39 is 24.3 Å². The number of carboxylic acid groups (broad SMARTS) is 2. The molecule has 0 heterocycles. The van der Waals surface area contributed by atoms with Crippen molar-refractivity contribution < 1.29 is 19.8 Å². The standard InChI is InChI=1S/C9H14N2O4S/c1-2-3-10-9(16)11-5-6(8(14)15)4-7(12)13/h2,6H,1,3-5H2,(H,12,13)(H,14,15)(H2,10,11,16). The van der Waals surface area contributed by atoms with E-state index in [0.717, 1.165) is 0 Å². The minimum Gasteiger partial charge on any atom is -0.481 e. The first kappa shape index (κ1) is 14.4. The molecule has 1 atom stereocenters. The van der Waals surface area contributed by atoms with Gasteiger partial charge < -0.3 is 20.8 Å². The van der Waals surface area contributed by atoms with E-state index in [1.54, 1.807) is 6.08 Å². The van der Waals surface area contributed by atoms with Gasteiger partial charge >= 0.3 is 11.9 Å². The Hall–Kier alpha value is -1.63. The van der Waals surface area contributed by atoms with Crippen LogP contribution in [-0.4, -0.2) is 40.4 Å². The number of carbonyl (C=O) groups is 2. The maximum atomic E-state index is 10.7. The topological polar surface area (TPSA) is 98.7 Å². The van der Waals surface area contributed by atoms with Gasteiger partial charge in [-0.3, -0.25) is 9.59 Å². The van der Waals surface area contributed by atoms with Crippen LogP contribution in [0.25, 0.3) is 0 Å². The zero-order valence-corrected chi connectivity index (χ0v) is 9.42. The summed E-state index contributed by atoms with van der Waals surface area (Å²) in [5, 5.41) is 22.9. The Balaban J connectivity index is 4.01. The van der Waals surface area contributed by atoms with Gasteiger partial charge in [0.15, 0.2) is 5.11 Å². The molecule has 7 heteroatoms.